The Kier molecular flexibility index (Phi) is 5.22. The van der Waals surface area contributed by atoms with Crippen molar-refractivity contribution in [3.05, 3.63) is 70.9 Å². The fraction of sp³-hybridized carbons (Fsp3) is 0.190. The smallest absolute Gasteiger partial charge is 0.325 e. The first kappa shape index (κ1) is 19.0. The highest BCUT2D eigenvalue weighted by Crippen LogP contribution is 2.21. The summed E-state index contributed by atoms with van der Waals surface area (Å²) < 4.78 is 0. The molecule has 0 radical (unpaired) electrons. The van der Waals surface area contributed by atoms with Crippen LogP contribution >= 0.6 is 11.6 Å². The maximum absolute atomic E-state index is 12.7. The number of hydrogen-bond donors (Lipinski definition) is 3. The van der Waals surface area contributed by atoms with Gasteiger partial charge in [0, 0.05) is 35.1 Å². The molecule has 1 aromatic heterocycles. The maximum atomic E-state index is 12.7. The van der Waals surface area contributed by atoms with Crippen LogP contribution in [0.25, 0.3) is 10.9 Å². The van der Waals surface area contributed by atoms with Gasteiger partial charge in [0.1, 0.15) is 12.6 Å². The van der Waals surface area contributed by atoms with Gasteiger partial charge in [0.25, 0.3) is 5.91 Å². The number of para-hydroxylation sites is 1. The average molecular weight is 411 g/mol. The number of carbonyl (C=O) groups excluding carboxylic acids is 3. The summed E-state index contributed by atoms with van der Waals surface area (Å²) in [7, 11) is 0. The topological polar surface area (TPSA) is 94.3 Å². The fourth-order valence-corrected chi connectivity index (χ4v) is 3.51. The van der Waals surface area contributed by atoms with Crippen LogP contribution in [0.3, 0.4) is 0 Å². The number of nitrogens with zero attached hydrogens (tertiary/aromatic N) is 1. The van der Waals surface area contributed by atoms with Crippen LogP contribution in [0.15, 0.2) is 54.7 Å². The van der Waals surface area contributed by atoms with E-state index >= 15 is 0 Å². The number of benzene rings is 2. The van der Waals surface area contributed by atoms with E-state index in [1.165, 1.54) is 0 Å². The van der Waals surface area contributed by atoms with Gasteiger partial charge in [-0.2, -0.15) is 0 Å². The van der Waals surface area contributed by atoms with Crippen LogP contribution in [0.1, 0.15) is 11.1 Å². The Hall–Kier alpha value is -3.32. The molecule has 0 bridgehead atoms. The minimum atomic E-state index is -0.689. The van der Waals surface area contributed by atoms with Crippen LogP contribution < -0.4 is 10.6 Å². The molecule has 2 heterocycles. The van der Waals surface area contributed by atoms with E-state index in [0.717, 1.165) is 26.9 Å². The molecule has 0 spiro atoms. The molecule has 3 aromatic rings. The number of amides is 4. The molecule has 29 heavy (non-hydrogen) atoms. The number of hydrogen-bond acceptors (Lipinski definition) is 3. The summed E-state index contributed by atoms with van der Waals surface area (Å²) in [4.78, 5) is 41.2. The van der Waals surface area contributed by atoms with Crippen molar-refractivity contribution in [1.29, 1.82) is 0 Å². The highest BCUT2D eigenvalue weighted by Gasteiger charge is 2.39. The van der Waals surface area contributed by atoms with Crippen LogP contribution in [-0.2, 0) is 22.6 Å². The second-order valence-electron chi connectivity index (χ2n) is 6.89. The van der Waals surface area contributed by atoms with Gasteiger partial charge < -0.3 is 15.6 Å². The molecule has 1 aliphatic heterocycles. The highest BCUT2D eigenvalue weighted by atomic mass is 35.5. The molecule has 0 saturated carbocycles. The molecule has 3 N–H and O–H groups in total. The number of carbonyl (C=O) groups is 3. The van der Waals surface area contributed by atoms with E-state index in [9.17, 15) is 14.4 Å². The molecule has 0 aliphatic carbocycles. The van der Waals surface area contributed by atoms with E-state index in [1.54, 1.807) is 24.3 Å². The first-order valence-corrected chi connectivity index (χ1v) is 9.57. The Morgan fingerprint density at radius 3 is 2.66 bits per heavy atom. The molecule has 4 amide bonds. The van der Waals surface area contributed by atoms with Gasteiger partial charge in [-0.3, -0.25) is 14.5 Å². The van der Waals surface area contributed by atoms with Crippen molar-refractivity contribution in [3.63, 3.8) is 0 Å². The number of H-pyrrole nitrogens is 1. The van der Waals surface area contributed by atoms with Gasteiger partial charge in [0.15, 0.2) is 0 Å². The van der Waals surface area contributed by atoms with Crippen molar-refractivity contribution < 1.29 is 14.4 Å². The molecule has 148 valence electrons. The van der Waals surface area contributed by atoms with Gasteiger partial charge in [0.05, 0.1) is 0 Å². The molecule has 0 unspecified atom stereocenters. The molecule has 1 saturated heterocycles. The van der Waals surface area contributed by atoms with Crippen molar-refractivity contribution in [1.82, 2.24) is 20.5 Å². The lowest BCUT2D eigenvalue weighted by molar-refractivity contribution is -0.132. The molecule has 1 fully saturated rings. The third-order valence-electron chi connectivity index (χ3n) is 4.91. The van der Waals surface area contributed by atoms with Gasteiger partial charge >= 0.3 is 6.03 Å². The van der Waals surface area contributed by atoms with Crippen LogP contribution in [0.5, 0.6) is 0 Å². The van der Waals surface area contributed by atoms with Crippen molar-refractivity contribution in [2.24, 2.45) is 0 Å². The molecular formula is C21H19ClN4O3. The SMILES string of the molecule is O=C(CN1C(=O)N[C@H](Cc2c[nH]c3ccccc23)C1=O)NCc1ccc(Cl)cc1. The second kappa shape index (κ2) is 7.97. The van der Waals surface area contributed by atoms with Crippen molar-refractivity contribution >= 4 is 40.3 Å². The summed E-state index contributed by atoms with van der Waals surface area (Å²) in [6.07, 6.45) is 2.20. The molecule has 7 nitrogen and oxygen atoms in total. The van der Waals surface area contributed by atoms with Gasteiger partial charge in [-0.25, -0.2) is 4.79 Å². The number of fused-ring (bicyclic) bond motifs is 1. The van der Waals surface area contributed by atoms with Crippen molar-refractivity contribution in [3.8, 4) is 0 Å². The fourth-order valence-electron chi connectivity index (χ4n) is 3.39. The summed E-state index contributed by atoms with van der Waals surface area (Å²) >= 11 is 5.84. The summed E-state index contributed by atoms with van der Waals surface area (Å²) in [6.45, 7) is -0.0267. The van der Waals surface area contributed by atoms with E-state index in [-0.39, 0.29) is 6.54 Å². The Labute approximate surface area is 172 Å². The Morgan fingerprint density at radius 1 is 1.10 bits per heavy atom. The average Bonchev–Trinajstić information content (AvgIpc) is 3.24. The van der Waals surface area contributed by atoms with Crippen LogP contribution in [-0.4, -0.2) is 40.3 Å². The third kappa shape index (κ3) is 4.09. The van der Waals surface area contributed by atoms with E-state index in [1.807, 2.05) is 30.5 Å². The van der Waals surface area contributed by atoms with E-state index in [0.29, 0.717) is 18.0 Å². The summed E-state index contributed by atoms with van der Waals surface area (Å²) in [6, 6.07) is 13.6. The number of halogens is 1. The zero-order valence-electron chi connectivity index (χ0n) is 15.4. The van der Waals surface area contributed by atoms with Gasteiger partial charge in [-0.15, -0.1) is 0 Å². The van der Waals surface area contributed by atoms with E-state index < -0.39 is 23.9 Å². The number of aromatic amines is 1. The highest BCUT2D eigenvalue weighted by molar-refractivity contribution is 6.30. The van der Waals surface area contributed by atoms with Gasteiger partial charge in [-0.1, -0.05) is 41.9 Å². The number of imide groups is 1. The minimum Gasteiger partial charge on any atom is -0.361 e. The third-order valence-corrected chi connectivity index (χ3v) is 5.16. The number of urea groups is 1. The standard InChI is InChI=1S/C21H19ClN4O3/c22-15-7-5-13(6-8-15)10-24-19(27)12-26-20(28)18(25-21(26)29)9-14-11-23-17-4-2-1-3-16(14)17/h1-8,11,18,23H,9-10,12H2,(H,24,27)(H,25,29)/t18-/m1/s1. The molecule has 1 atom stereocenters. The van der Waals surface area contributed by atoms with Crippen molar-refractivity contribution in [2.75, 3.05) is 6.54 Å². The number of nitrogens with one attached hydrogen (secondary N) is 3. The Morgan fingerprint density at radius 2 is 1.86 bits per heavy atom. The molecular weight excluding hydrogens is 392 g/mol. The summed E-state index contributed by atoms with van der Waals surface area (Å²) in [5, 5.41) is 7.00. The molecule has 8 heteroatoms. The largest absolute Gasteiger partial charge is 0.361 e. The van der Waals surface area contributed by atoms with Gasteiger partial charge in [0.2, 0.25) is 5.91 Å². The predicted octanol–water partition coefficient (Wildman–Crippen LogP) is 2.60. The van der Waals surface area contributed by atoms with Crippen molar-refractivity contribution in [2.45, 2.75) is 19.0 Å². The lowest BCUT2D eigenvalue weighted by Gasteiger charge is -2.13. The van der Waals surface area contributed by atoms with Gasteiger partial charge in [-0.05, 0) is 29.3 Å². The number of aromatic nitrogens is 1. The van der Waals surface area contributed by atoms with Crippen LogP contribution in [0.2, 0.25) is 5.02 Å². The predicted molar refractivity (Wildman–Crippen MR) is 109 cm³/mol. The summed E-state index contributed by atoms with van der Waals surface area (Å²) in [5.41, 5.74) is 2.78. The van der Waals surface area contributed by atoms with E-state index in [4.69, 9.17) is 11.6 Å². The number of rotatable bonds is 6. The maximum Gasteiger partial charge on any atom is 0.325 e. The molecule has 4 rings (SSSR count). The summed E-state index contributed by atoms with van der Waals surface area (Å²) in [5.74, 6) is -0.807. The zero-order valence-corrected chi connectivity index (χ0v) is 16.2. The first-order valence-electron chi connectivity index (χ1n) is 9.19. The zero-order chi connectivity index (χ0) is 20.4. The van der Waals surface area contributed by atoms with Crippen LogP contribution in [0, 0.1) is 0 Å². The Balaban J connectivity index is 1.36. The lowest BCUT2D eigenvalue weighted by Crippen LogP contribution is -2.41. The monoisotopic (exact) mass is 410 g/mol. The quantitative estimate of drug-likeness (QED) is 0.545. The normalized spacial score (nSPS) is 16.3. The molecule has 1 aliphatic rings. The van der Waals surface area contributed by atoms with Crippen LogP contribution in [0.4, 0.5) is 4.79 Å². The Bertz CT molecular complexity index is 1080. The van der Waals surface area contributed by atoms with E-state index in [2.05, 4.69) is 15.6 Å². The lowest BCUT2D eigenvalue weighted by atomic mass is 10.1. The molecule has 2 aromatic carbocycles. The first-order chi connectivity index (χ1) is 14.0. The minimum absolute atomic E-state index is 0.290. The second-order valence-corrected chi connectivity index (χ2v) is 7.33.